The standard InChI is InChI=1S/C26H29FN4O3S/c1-16-11-18(31-35(32)9-2-3-10-35)13-21-25(16)26(29-15-28-21)30-20-8-7-17(27)12-23(20)34-24-14-33-22-6-4-5-19(22)24/h7-8,11-13,15,19,22,24H,2-6,9-10,14H2,1H3,(H,28,29,30)/t19?,22-,24-/m1/s1. The van der Waals surface area contributed by atoms with Crippen molar-refractivity contribution >= 4 is 37.8 Å². The molecule has 2 aromatic carbocycles. The van der Waals surface area contributed by atoms with Gasteiger partial charge in [0.25, 0.3) is 0 Å². The second kappa shape index (κ2) is 9.02. The van der Waals surface area contributed by atoms with Gasteiger partial charge in [-0.25, -0.2) is 18.6 Å². The number of ether oxygens (including phenoxy) is 2. The number of anilines is 2. The Morgan fingerprint density at radius 2 is 2.00 bits per heavy atom. The second-order valence-corrected chi connectivity index (χ2v) is 12.3. The molecule has 184 valence electrons. The molecule has 0 amide bonds. The molecule has 0 spiro atoms. The summed E-state index contributed by atoms with van der Waals surface area (Å²) >= 11 is 0. The van der Waals surface area contributed by atoms with Crippen molar-refractivity contribution in [3.05, 3.63) is 48.0 Å². The SMILES string of the molecule is Cc1cc(N=S2(=O)CCCC2)cc2ncnc(Nc3ccc(F)cc3O[C@@H]3CO[C@@H]4CCCC43)c12. The molecule has 1 N–H and O–H groups in total. The second-order valence-electron chi connectivity index (χ2n) is 9.75. The quantitative estimate of drug-likeness (QED) is 0.491. The summed E-state index contributed by atoms with van der Waals surface area (Å²) in [5.41, 5.74) is 2.96. The minimum atomic E-state index is -2.17. The molecule has 0 radical (unpaired) electrons. The molecule has 3 atom stereocenters. The van der Waals surface area contributed by atoms with Gasteiger partial charge in [0.05, 0.1) is 39.3 Å². The van der Waals surface area contributed by atoms with Crippen LogP contribution in [0.1, 0.15) is 37.7 Å². The number of rotatable bonds is 5. The number of nitrogens with one attached hydrogen (secondary N) is 1. The lowest BCUT2D eigenvalue weighted by Crippen LogP contribution is -2.26. The van der Waals surface area contributed by atoms with Gasteiger partial charge < -0.3 is 14.8 Å². The van der Waals surface area contributed by atoms with Crippen LogP contribution in [0, 0.1) is 18.7 Å². The Hall–Kier alpha value is -2.78. The van der Waals surface area contributed by atoms with Crippen molar-refractivity contribution in [1.82, 2.24) is 9.97 Å². The number of fused-ring (bicyclic) bond motifs is 2. The molecule has 1 aliphatic carbocycles. The molecule has 1 saturated carbocycles. The Morgan fingerprint density at radius 1 is 1.14 bits per heavy atom. The number of hydrogen-bond donors (Lipinski definition) is 1. The van der Waals surface area contributed by atoms with E-state index < -0.39 is 9.73 Å². The fraction of sp³-hybridized carbons (Fsp3) is 0.462. The van der Waals surface area contributed by atoms with Gasteiger partial charge in [-0.2, -0.15) is 4.36 Å². The molecular weight excluding hydrogens is 467 g/mol. The van der Waals surface area contributed by atoms with E-state index in [0.717, 1.165) is 43.1 Å². The maximum absolute atomic E-state index is 14.2. The molecule has 3 aromatic rings. The summed E-state index contributed by atoms with van der Waals surface area (Å²) in [6.07, 6.45) is 6.84. The van der Waals surface area contributed by atoms with Gasteiger partial charge in [0, 0.05) is 28.9 Å². The third-order valence-electron chi connectivity index (χ3n) is 7.30. The van der Waals surface area contributed by atoms with Gasteiger partial charge in [-0.1, -0.05) is 6.42 Å². The topological polar surface area (TPSA) is 85.7 Å². The fourth-order valence-electron chi connectivity index (χ4n) is 5.60. The summed E-state index contributed by atoms with van der Waals surface area (Å²) in [6.45, 7) is 2.49. The first kappa shape index (κ1) is 22.7. The zero-order valence-corrected chi connectivity index (χ0v) is 20.5. The van der Waals surface area contributed by atoms with Crippen LogP contribution in [-0.2, 0) is 14.5 Å². The minimum absolute atomic E-state index is 0.0876. The molecule has 3 aliphatic rings. The molecule has 1 unspecified atom stereocenters. The monoisotopic (exact) mass is 496 g/mol. The number of nitrogens with zero attached hydrogens (tertiary/aromatic N) is 3. The number of aromatic nitrogens is 2. The van der Waals surface area contributed by atoms with Crippen LogP contribution < -0.4 is 10.1 Å². The summed E-state index contributed by atoms with van der Waals surface area (Å²) in [4.78, 5) is 8.92. The van der Waals surface area contributed by atoms with Crippen LogP contribution in [0.4, 0.5) is 21.6 Å². The highest BCUT2D eigenvalue weighted by molar-refractivity contribution is 7.93. The van der Waals surface area contributed by atoms with E-state index in [0.29, 0.717) is 52.5 Å². The average Bonchev–Trinajstić information content (AvgIpc) is 3.54. The Balaban J connectivity index is 1.33. The van der Waals surface area contributed by atoms with Crippen molar-refractivity contribution in [2.24, 2.45) is 10.3 Å². The van der Waals surface area contributed by atoms with Crippen LogP contribution in [0.25, 0.3) is 10.9 Å². The van der Waals surface area contributed by atoms with Gasteiger partial charge in [-0.15, -0.1) is 0 Å². The molecule has 2 aliphatic heterocycles. The lowest BCUT2D eigenvalue weighted by molar-refractivity contribution is 0.0917. The highest BCUT2D eigenvalue weighted by atomic mass is 32.2. The van der Waals surface area contributed by atoms with E-state index >= 15 is 0 Å². The summed E-state index contributed by atoms with van der Waals surface area (Å²) < 4.78 is 43.9. The summed E-state index contributed by atoms with van der Waals surface area (Å²) in [6, 6.07) is 8.28. The number of aryl methyl sites for hydroxylation is 1. The van der Waals surface area contributed by atoms with Crippen molar-refractivity contribution in [3.63, 3.8) is 0 Å². The highest BCUT2D eigenvalue weighted by Gasteiger charge is 2.42. The van der Waals surface area contributed by atoms with Crippen LogP contribution >= 0.6 is 0 Å². The Kier molecular flexibility index (Phi) is 5.84. The smallest absolute Gasteiger partial charge is 0.146 e. The molecule has 3 heterocycles. The molecular formula is C26H29FN4O3S. The van der Waals surface area contributed by atoms with E-state index in [2.05, 4.69) is 19.6 Å². The lowest BCUT2D eigenvalue weighted by atomic mass is 10.0. The van der Waals surface area contributed by atoms with Gasteiger partial charge in [-0.3, -0.25) is 0 Å². The van der Waals surface area contributed by atoms with Crippen molar-refractivity contribution in [2.45, 2.75) is 51.2 Å². The fourth-order valence-corrected chi connectivity index (χ4v) is 7.79. The van der Waals surface area contributed by atoms with Crippen LogP contribution in [0.2, 0.25) is 0 Å². The molecule has 7 nitrogen and oxygen atoms in total. The molecule has 1 aromatic heterocycles. The molecule has 35 heavy (non-hydrogen) atoms. The van der Waals surface area contributed by atoms with Crippen molar-refractivity contribution in [2.75, 3.05) is 23.4 Å². The van der Waals surface area contributed by atoms with E-state index in [4.69, 9.17) is 9.47 Å². The third-order valence-corrected chi connectivity index (χ3v) is 9.70. The Labute approximate surface area is 204 Å². The van der Waals surface area contributed by atoms with Crippen LogP contribution in [-0.4, -0.2) is 44.5 Å². The molecule has 3 fully saturated rings. The van der Waals surface area contributed by atoms with Crippen molar-refractivity contribution < 1.29 is 18.1 Å². The highest BCUT2D eigenvalue weighted by Crippen LogP contribution is 2.40. The third kappa shape index (κ3) is 4.47. The zero-order valence-electron chi connectivity index (χ0n) is 19.7. The number of hydrogen-bond acceptors (Lipinski definition) is 7. The summed E-state index contributed by atoms with van der Waals surface area (Å²) in [7, 11) is -2.17. The maximum Gasteiger partial charge on any atom is 0.146 e. The summed E-state index contributed by atoms with van der Waals surface area (Å²) in [5.74, 6) is 2.34. The summed E-state index contributed by atoms with van der Waals surface area (Å²) in [5, 5.41) is 4.18. The number of benzene rings is 2. The first-order valence-electron chi connectivity index (χ1n) is 12.3. The van der Waals surface area contributed by atoms with Crippen LogP contribution in [0.3, 0.4) is 0 Å². The zero-order chi connectivity index (χ0) is 24.0. The average molecular weight is 497 g/mol. The van der Waals surface area contributed by atoms with Gasteiger partial charge >= 0.3 is 0 Å². The predicted molar refractivity (Wildman–Crippen MR) is 135 cm³/mol. The molecule has 9 heteroatoms. The Morgan fingerprint density at radius 3 is 2.86 bits per heavy atom. The maximum atomic E-state index is 14.2. The lowest BCUT2D eigenvalue weighted by Gasteiger charge is -2.21. The van der Waals surface area contributed by atoms with E-state index in [9.17, 15) is 8.60 Å². The molecule has 6 rings (SSSR count). The van der Waals surface area contributed by atoms with E-state index in [1.165, 1.54) is 18.5 Å². The van der Waals surface area contributed by atoms with E-state index in [1.807, 2.05) is 19.1 Å². The van der Waals surface area contributed by atoms with Gasteiger partial charge in [-0.05, 0) is 62.4 Å². The van der Waals surface area contributed by atoms with Gasteiger partial charge in [0.2, 0.25) is 0 Å². The number of halogens is 1. The van der Waals surface area contributed by atoms with E-state index in [-0.39, 0.29) is 18.0 Å². The van der Waals surface area contributed by atoms with Crippen LogP contribution in [0.5, 0.6) is 5.75 Å². The normalized spacial score (nSPS) is 25.0. The predicted octanol–water partition coefficient (Wildman–Crippen LogP) is 5.66. The molecule has 0 bridgehead atoms. The minimum Gasteiger partial charge on any atom is -0.485 e. The molecule has 2 saturated heterocycles. The Bertz CT molecular complexity index is 1390. The van der Waals surface area contributed by atoms with Gasteiger partial charge in [0.15, 0.2) is 0 Å². The van der Waals surface area contributed by atoms with Gasteiger partial charge in [0.1, 0.15) is 29.8 Å². The largest absolute Gasteiger partial charge is 0.485 e. The first-order valence-corrected chi connectivity index (χ1v) is 14.2. The first-order chi connectivity index (χ1) is 17.0. The van der Waals surface area contributed by atoms with E-state index in [1.54, 1.807) is 6.07 Å². The van der Waals surface area contributed by atoms with Crippen molar-refractivity contribution in [1.29, 1.82) is 0 Å². The van der Waals surface area contributed by atoms with Crippen molar-refractivity contribution in [3.8, 4) is 5.75 Å². The van der Waals surface area contributed by atoms with Crippen LogP contribution in [0.15, 0.2) is 41.0 Å².